The molecule has 0 saturated carbocycles. The van der Waals surface area contributed by atoms with E-state index >= 15 is 0 Å². The zero-order valence-electron chi connectivity index (χ0n) is 21.2. The predicted octanol–water partition coefficient (Wildman–Crippen LogP) is 2.44. The average molecular weight is 523 g/mol. The maximum atomic E-state index is 10.4. The van der Waals surface area contributed by atoms with Crippen molar-refractivity contribution in [3.63, 3.8) is 0 Å². The van der Waals surface area contributed by atoms with Gasteiger partial charge in [-0.1, -0.05) is 54.6 Å². The lowest BCUT2D eigenvalue weighted by Gasteiger charge is -2.41. The van der Waals surface area contributed by atoms with Gasteiger partial charge in [0.2, 0.25) is 0 Å². The Morgan fingerprint density at radius 1 is 0.921 bits per heavy atom. The lowest BCUT2D eigenvalue weighted by Crippen LogP contribution is -2.54. The van der Waals surface area contributed by atoms with Crippen LogP contribution in [0.3, 0.4) is 0 Å². The van der Waals surface area contributed by atoms with E-state index in [1.165, 1.54) is 7.11 Å². The summed E-state index contributed by atoms with van der Waals surface area (Å²) in [5.41, 5.74) is 5.23. The molecule has 2 unspecified atom stereocenters. The lowest BCUT2D eigenvalue weighted by atomic mass is 9.66. The zero-order chi connectivity index (χ0) is 26.8. The zero-order valence-corrected chi connectivity index (χ0v) is 21.2. The van der Waals surface area contributed by atoms with Gasteiger partial charge in [-0.15, -0.1) is 0 Å². The molecule has 3 aromatic carbocycles. The minimum Gasteiger partial charge on any atom is -0.504 e. The maximum absolute atomic E-state index is 10.4. The fourth-order valence-corrected chi connectivity index (χ4v) is 5.70. The summed E-state index contributed by atoms with van der Waals surface area (Å²) in [5, 5.41) is 51.0. The van der Waals surface area contributed by atoms with Crippen molar-refractivity contribution in [2.75, 3.05) is 26.9 Å². The van der Waals surface area contributed by atoms with Gasteiger partial charge in [0, 0.05) is 12.5 Å². The van der Waals surface area contributed by atoms with Crippen molar-refractivity contribution in [3.05, 3.63) is 83.4 Å². The molecule has 7 atom stereocenters. The van der Waals surface area contributed by atoms with E-state index in [2.05, 4.69) is 30.3 Å². The molecule has 202 valence electrons. The van der Waals surface area contributed by atoms with Crippen LogP contribution in [0.5, 0.6) is 11.5 Å². The van der Waals surface area contributed by atoms with Crippen LogP contribution in [-0.2, 0) is 15.9 Å². The van der Waals surface area contributed by atoms with Crippen LogP contribution in [0.4, 0.5) is 0 Å². The summed E-state index contributed by atoms with van der Waals surface area (Å²) in [6, 6.07) is 21.7. The van der Waals surface area contributed by atoms with Crippen molar-refractivity contribution in [1.29, 1.82) is 0 Å². The minimum absolute atomic E-state index is 0.0306. The first-order valence-electron chi connectivity index (χ1n) is 12.8. The number of phenols is 1. The number of hydrogen-bond acceptors (Lipinski definition) is 8. The highest BCUT2D eigenvalue weighted by Crippen LogP contribution is 2.46. The Morgan fingerprint density at radius 2 is 1.71 bits per heavy atom. The largest absolute Gasteiger partial charge is 0.504 e. The number of aliphatic hydroxyl groups is 4. The van der Waals surface area contributed by atoms with Gasteiger partial charge >= 0.3 is 0 Å². The molecule has 38 heavy (non-hydrogen) atoms. The van der Waals surface area contributed by atoms with Crippen LogP contribution in [-0.4, -0.2) is 77.1 Å². The Labute approximate surface area is 221 Å². The number of ether oxygens (including phenoxy) is 3. The number of rotatable bonds is 7. The van der Waals surface area contributed by atoms with Crippen molar-refractivity contribution in [3.8, 4) is 22.6 Å². The molecular formula is C30H34O8. The van der Waals surface area contributed by atoms with Crippen LogP contribution in [0.25, 0.3) is 11.1 Å². The van der Waals surface area contributed by atoms with Crippen molar-refractivity contribution in [2.24, 2.45) is 11.8 Å². The molecule has 1 aliphatic carbocycles. The standard InChI is InChI=1S/C30H34O8/c1-36-26-13-20(9-10-24(26)32)27-22-12-18(17-5-3-2-4-6-17)7-8-19(22)11-21(14-31)23(27)15-37-30-29(35)28(34)25(33)16-38-30/h2-10,12-13,21,23,25,27-35H,11,14-16H2,1H3/t21-,23?,25-,27?,28+,29-,30-/m1/s1. The summed E-state index contributed by atoms with van der Waals surface area (Å²) in [5.74, 6) is -0.246. The van der Waals surface area contributed by atoms with Crippen molar-refractivity contribution < 1.29 is 39.7 Å². The molecule has 0 aromatic heterocycles. The summed E-state index contributed by atoms with van der Waals surface area (Å²) in [7, 11) is 1.50. The number of aromatic hydroxyl groups is 1. The molecule has 2 aliphatic rings. The predicted molar refractivity (Wildman–Crippen MR) is 140 cm³/mol. The molecule has 1 saturated heterocycles. The third-order valence-electron chi connectivity index (χ3n) is 7.81. The molecule has 0 bridgehead atoms. The highest BCUT2D eigenvalue weighted by molar-refractivity contribution is 5.66. The molecule has 1 heterocycles. The van der Waals surface area contributed by atoms with Gasteiger partial charge in [-0.2, -0.15) is 0 Å². The second-order valence-corrected chi connectivity index (χ2v) is 10.1. The Kier molecular flexibility index (Phi) is 7.99. The molecule has 0 spiro atoms. The quantitative estimate of drug-likeness (QED) is 0.320. The summed E-state index contributed by atoms with van der Waals surface area (Å²) >= 11 is 0. The maximum Gasteiger partial charge on any atom is 0.186 e. The fourth-order valence-electron chi connectivity index (χ4n) is 5.70. The third-order valence-corrected chi connectivity index (χ3v) is 7.81. The number of phenolic OH excluding ortho intramolecular Hbond substituents is 1. The Hall–Kier alpha value is -2.98. The molecular weight excluding hydrogens is 488 g/mol. The van der Waals surface area contributed by atoms with E-state index in [-0.39, 0.29) is 43.3 Å². The smallest absolute Gasteiger partial charge is 0.186 e. The number of hydrogen-bond donors (Lipinski definition) is 5. The van der Waals surface area contributed by atoms with Crippen molar-refractivity contribution >= 4 is 0 Å². The number of methoxy groups -OCH3 is 1. The van der Waals surface area contributed by atoms with E-state index in [1.54, 1.807) is 12.1 Å². The highest BCUT2D eigenvalue weighted by atomic mass is 16.7. The molecule has 0 amide bonds. The summed E-state index contributed by atoms with van der Waals surface area (Å²) in [4.78, 5) is 0. The summed E-state index contributed by atoms with van der Waals surface area (Å²) < 4.78 is 16.9. The molecule has 1 aliphatic heterocycles. The third kappa shape index (κ3) is 5.16. The number of benzene rings is 3. The van der Waals surface area contributed by atoms with Gasteiger partial charge in [0.1, 0.15) is 18.3 Å². The van der Waals surface area contributed by atoms with Crippen LogP contribution in [0.1, 0.15) is 22.6 Å². The van der Waals surface area contributed by atoms with Gasteiger partial charge in [0.15, 0.2) is 17.8 Å². The van der Waals surface area contributed by atoms with Crippen molar-refractivity contribution in [2.45, 2.75) is 36.9 Å². The normalized spacial score (nSPS) is 29.0. The highest BCUT2D eigenvalue weighted by Gasteiger charge is 2.42. The molecule has 1 fully saturated rings. The first-order chi connectivity index (χ1) is 18.4. The van der Waals surface area contributed by atoms with Crippen LogP contribution in [0.2, 0.25) is 0 Å². The van der Waals surface area contributed by atoms with E-state index < -0.39 is 24.6 Å². The van der Waals surface area contributed by atoms with Gasteiger partial charge in [0.05, 0.1) is 20.3 Å². The van der Waals surface area contributed by atoms with E-state index in [0.29, 0.717) is 12.2 Å². The molecule has 8 nitrogen and oxygen atoms in total. The molecule has 3 aromatic rings. The SMILES string of the molecule is COc1cc(C2c3cc(-c4ccccc4)ccc3C[C@H](CO)C2CO[C@@H]2OC[C@@H](O)[C@H](O)[C@H]2O)ccc1O. The fraction of sp³-hybridized carbons (Fsp3) is 0.400. The van der Waals surface area contributed by atoms with Gasteiger partial charge in [-0.05, 0) is 58.2 Å². The van der Waals surface area contributed by atoms with E-state index in [4.69, 9.17) is 14.2 Å². The number of fused-ring (bicyclic) bond motifs is 1. The summed E-state index contributed by atoms with van der Waals surface area (Å²) in [6.07, 6.45) is -4.44. The topological polar surface area (TPSA) is 129 Å². The summed E-state index contributed by atoms with van der Waals surface area (Å²) in [6.45, 7) is -0.105. The van der Waals surface area contributed by atoms with Crippen LogP contribution in [0.15, 0.2) is 66.7 Å². The average Bonchev–Trinajstić information content (AvgIpc) is 2.95. The monoisotopic (exact) mass is 522 g/mol. The lowest BCUT2D eigenvalue weighted by molar-refractivity contribution is -0.274. The first kappa shape index (κ1) is 26.6. The second-order valence-electron chi connectivity index (χ2n) is 10.1. The van der Waals surface area contributed by atoms with E-state index in [1.807, 2.05) is 24.3 Å². The van der Waals surface area contributed by atoms with E-state index in [9.17, 15) is 25.5 Å². The molecule has 8 heteroatoms. The van der Waals surface area contributed by atoms with Gasteiger partial charge < -0.3 is 39.7 Å². The number of aliphatic hydroxyl groups excluding tert-OH is 4. The van der Waals surface area contributed by atoms with Crippen LogP contribution >= 0.6 is 0 Å². The minimum atomic E-state index is -1.40. The van der Waals surface area contributed by atoms with Gasteiger partial charge in [-0.3, -0.25) is 0 Å². The first-order valence-corrected chi connectivity index (χ1v) is 12.8. The van der Waals surface area contributed by atoms with E-state index in [0.717, 1.165) is 27.8 Å². The molecule has 5 rings (SSSR count). The Morgan fingerprint density at radius 3 is 2.45 bits per heavy atom. The second kappa shape index (κ2) is 11.4. The Bertz CT molecular complexity index is 1230. The van der Waals surface area contributed by atoms with Crippen molar-refractivity contribution in [1.82, 2.24) is 0 Å². The Balaban J connectivity index is 1.55. The van der Waals surface area contributed by atoms with Gasteiger partial charge in [-0.25, -0.2) is 0 Å². The van der Waals surface area contributed by atoms with Crippen LogP contribution < -0.4 is 4.74 Å². The molecule has 5 N–H and O–H groups in total. The van der Waals surface area contributed by atoms with Gasteiger partial charge in [0.25, 0.3) is 0 Å². The molecule has 0 radical (unpaired) electrons. The van der Waals surface area contributed by atoms with Crippen LogP contribution in [0, 0.1) is 11.8 Å².